The fourth-order valence-corrected chi connectivity index (χ4v) is 1.44. The number of cyclic esters (lactones) is 1. The Morgan fingerprint density at radius 2 is 2.08 bits per heavy atom. The van der Waals surface area contributed by atoms with Crippen molar-refractivity contribution in [3.8, 4) is 0 Å². The van der Waals surface area contributed by atoms with Crippen LogP contribution in [0.15, 0.2) is 0 Å². The average molecular weight is 190 g/mol. The van der Waals surface area contributed by atoms with Gasteiger partial charge in [0.25, 0.3) is 0 Å². The molecule has 5 heteroatoms. The minimum atomic E-state index is -0.756. The van der Waals surface area contributed by atoms with Crippen LogP contribution < -0.4 is 0 Å². The molecule has 0 aromatic carbocycles. The molecule has 1 saturated heterocycles. The van der Waals surface area contributed by atoms with Gasteiger partial charge in [-0.25, -0.2) is 4.79 Å². The van der Waals surface area contributed by atoms with E-state index in [2.05, 4.69) is 0 Å². The number of aliphatic hydroxyl groups is 1. The van der Waals surface area contributed by atoms with E-state index in [9.17, 15) is 9.90 Å². The highest BCUT2D eigenvalue weighted by atomic mass is 16.6. The molecule has 1 aliphatic rings. The highest BCUT2D eigenvalue weighted by Gasteiger charge is 2.47. The second-order valence-corrected chi connectivity index (χ2v) is 3.00. The van der Waals surface area contributed by atoms with Crippen molar-refractivity contribution in [3.63, 3.8) is 0 Å². The number of aliphatic hydroxyl groups excluding tert-OH is 1. The van der Waals surface area contributed by atoms with Gasteiger partial charge in [0.2, 0.25) is 0 Å². The summed E-state index contributed by atoms with van der Waals surface area (Å²) in [6, 6.07) is 0. The van der Waals surface area contributed by atoms with Crippen molar-refractivity contribution in [1.29, 1.82) is 0 Å². The van der Waals surface area contributed by atoms with Gasteiger partial charge in [-0.2, -0.15) is 0 Å². The fraction of sp³-hybridized carbons (Fsp3) is 0.875. The first-order valence-electron chi connectivity index (χ1n) is 4.06. The lowest BCUT2D eigenvalue weighted by molar-refractivity contribution is -0.151. The van der Waals surface area contributed by atoms with Gasteiger partial charge in [0, 0.05) is 14.2 Å². The van der Waals surface area contributed by atoms with Crippen molar-refractivity contribution in [3.05, 3.63) is 0 Å². The van der Waals surface area contributed by atoms with Gasteiger partial charge in [0.15, 0.2) is 12.2 Å². The van der Waals surface area contributed by atoms with E-state index >= 15 is 0 Å². The maximum absolute atomic E-state index is 11.2. The lowest BCUT2D eigenvalue weighted by Gasteiger charge is -2.20. The van der Waals surface area contributed by atoms with Crippen molar-refractivity contribution in [2.75, 3.05) is 14.2 Å². The Kier molecular flexibility index (Phi) is 3.24. The second-order valence-electron chi connectivity index (χ2n) is 3.00. The first-order chi connectivity index (χ1) is 6.11. The molecule has 1 N–H and O–H groups in total. The molecule has 1 heterocycles. The van der Waals surface area contributed by atoms with Crippen LogP contribution >= 0.6 is 0 Å². The molecule has 0 spiro atoms. The van der Waals surface area contributed by atoms with Crippen molar-refractivity contribution in [1.82, 2.24) is 0 Å². The summed E-state index contributed by atoms with van der Waals surface area (Å²) in [5, 5.41) is 9.27. The summed E-state index contributed by atoms with van der Waals surface area (Å²) >= 11 is 0. The van der Waals surface area contributed by atoms with E-state index < -0.39 is 30.4 Å². The van der Waals surface area contributed by atoms with Crippen molar-refractivity contribution in [2.45, 2.75) is 31.3 Å². The Hall–Kier alpha value is -0.650. The number of ether oxygens (including phenoxy) is 3. The Bertz CT molecular complexity index is 191. The molecule has 0 amide bonds. The summed E-state index contributed by atoms with van der Waals surface area (Å²) in [4.78, 5) is 11.2. The van der Waals surface area contributed by atoms with Gasteiger partial charge in [-0.3, -0.25) is 0 Å². The minimum absolute atomic E-state index is 0.486. The number of hydrogen-bond donors (Lipinski definition) is 1. The van der Waals surface area contributed by atoms with Crippen LogP contribution in [0.2, 0.25) is 0 Å². The van der Waals surface area contributed by atoms with Crippen LogP contribution in [-0.4, -0.2) is 49.7 Å². The third kappa shape index (κ3) is 1.82. The van der Waals surface area contributed by atoms with E-state index in [1.165, 1.54) is 14.2 Å². The van der Waals surface area contributed by atoms with E-state index in [0.29, 0.717) is 0 Å². The van der Waals surface area contributed by atoms with Gasteiger partial charge < -0.3 is 19.3 Å². The van der Waals surface area contributed by atoms with E-state index in [1.807, 2.05) is 0 Å². The molecular weight excluding hydrogens is 176 g/mol. The Morgan fingerprint density at radius 1 is 1.46 bits per heavy atom. The summed E-state index contributed by atoms with van der Waals surface area (Å²) in [6.45, 7) is 1.54. The zero-order valence-corrected chi connectivity index (χ0v) is 7.89. The van der Waals surface area contributed by atoms with E-state index in [4.69, 9.17) is 14.2 Å². The fourth-order valence-electron chi connectivity index (χ4n) is 1.44. The highest BCUT2D eigenvalue weighted by Crippen LogP contribution is 2.23. The SMILES string of the molecule is CO[C@@H]1[C@@H]([C@H](C)O)OC(=O)[C@H]1OC. The first kappa shape index (κ1) is 10.4. The topological polar surface area (TPSA) is 65.0 Å². The smallest absolute Gasteiger partial charge is 0.338 e. The maximum atomic E-state index is 11.2. The predicted octanol–water partition coefficient (Wildman–Crippen LogP) is -0.677. The molecule has 4 atom stereocenters. The molecule has 1 aliphatic heterocycles. The largest absolute Gasteiger partial charge is 0.455 e. The monoisotopic (exact) mass is 190 g/mol. The summed E-state index contributed by atoms with van der Waals surface area (Å²) in [5.74, 6) is -0.486. The van der Waals surface area contributed by atoms with Gasteiger partial charge in [-0.15, -0.1) is 0 Å². The summed E-state index contributed by atoms with van der Waals surface area (Å²) in [7, 11) is 2.86. The van der Waals surface area contributed by atoms with Crippen LogP contribution in [-0.2, 0) is 19.0 Å². The van der Waals surface area contributed by atoms with Crippen molar-refractivity contribution < 1.29 is 24.1 Å². The molecule has 5 nitrogen and oxygen atoms in total. The highest BCUT2D eigenvalue weighted by molar-refractivity contribution is 5.78. The standard InChI is InChI=1S/C8H14O5/c1-4(9)5-6(11-2)7(12-3)8(10)13-5/h4-7,9H,1-3H3/t4-,5+,6+,7-/m0/s1. The van der Waals surface area contributed by atoms with Crippen LogP contribution in [0.1, 0.15) is 6.92 Å². The summed E-state index contributed by atoms with van der Waals surface area (Å²) in [6.07, 6.45) is -2.65. The van der Waals surface area contributed by atoms with E-state index in [1.54, 1.807) is 6.92 Å². The normalized spacial score (nSPS) is 36.0. The van der Waals surface area contributed by atoms with Gasteiger partial charge in [-0.05, 0) is 6.92 Å². The Balaban J connectivity index is 2.75. The van der Waals surface area contributed by atoms with Crippen LogP contribution in [0.4, 0.5) is 0 Å². The van der Waals surface area contributed by atoms with Crippen molar-refractivity contribution in [2.24, 2.45) is 0 Å². The number of methoxy groups -OCH3 is 2. The molecule has 0 aliphatic carbocycles. The van der Waals surface area contributed by atoms with Gasteiger partial charge >= 0.3 is 5.97 Å². The molecule has 0 radical (unpaired) electrons. The van der Waals surface area contributed by atoms with E-state index in [0.717, 1.165) is 0 Å². The van der Waals surface area contributed by atoms with Gasteiger partial charge in [0.1, 0.15) is 6.10 Å². The van der Waals surface area contributed by atoms with Crippen LogP contribution in [0, 0.1) is 0 Å². The molecular formula is C8H14O5. The molecule has 13 heavy (non-hydrogen) atoms. The summed E-state index contributed by atoms with van der Waals surface area (Å²) in [5.41, 5.74) is 0. The third-order valence-corrected chi connectivity index (χ3v) is 2.11. The van der Waals surface area contributed by atoms with Crippen LogP contribution in [0.3, 0.4) is 0 Å². The van der Waals surface area contributed by atoms with Crippen LogP contribution in [0.25, 0.3) is 0 Å². The molecule has 0 aromatic rings. The number of carbonyl (C=O) groups excluding carboxylic acids is 1. The van der Waals surface area contributed by atoms with E-state index in [-0.39, 0.29) is 0 Å². The van der Waals surface area contributed by atoms with Crippen molar-refractivity contribution >= 4 is 5.97 Å². The van der Waals surface area contributed by atoms with Crippen LogP contribution in [0.5, 0.6) is 0 Å². The lowest BCUT2D eigenvalue weighted by atomic mass is 10.1. The average Bonchev–Trinajstić information content (AvgIpc) is 2.41. The predicted molar refractivity (Wildman–Crippen MR) is 43.2 cm³/mol. The number of carbonyl (C=O) groups is 1. The minimum Gasteiger partial charge on any atom is -0.455 e. The molecule has 0 saturated carbocycles. The summed E-state index contributed by atoms with van der Waals surface area (Å²) < 4.78 is 14.8. The zero-order valence-electron chi connectivity index (χ0n) is 7.89. The Morgan fingerprint density at radius 3 is 2.46 bits per heavy atom. The number of rotatable bonds is 3. The first-order valence-corrected chi connectivity index (χ1v) is 4.06. The second kappa shape index (κ2) is 4.04. The quantitative estimate of drug-likeness (QED) is 0.597. The molecule has 1 fully saturated rings. The van der Waals surface area contributed by atoms with Gasteiger partial charge in [-0.1, -0.05) is 0 Å². The third-order valence-electron chi connectivity index (χ3n) is 2.11. The zero-order chi connectivity index (χ0) is 10.0. The molecule has 0 aromatic heterocycles. The lowest BCUT2D eigenvalue weighted by Crippen LogP contribution is -2.39. The molecule has 1 rings (SSSR count). The van der Waals surface area contributed by atoms with Gasteiger partial charge in [0.05, 0.1) is 6.10 Å². The maximum Gasteiger partial charge on any atom is 0.338 e. The molecule has 76 valence electrons. The molecule has 0 bridgehead atoms. The number of hydrogen-bond acceptors (Lipinski definition) is 5. The Labute approximate surface area is 76.6 Å². The number of esters is 1. The molecule has 0 unspecified atom stereocenters.